The summed E-state index contributed by atoms with van der Waals surface area (Å²) in [6.45, 7) is 0. The molecule has 15 heavy (non-hydrogen) atoms. The Labute approximate surface area is 91.5 Å². The number of benzene rings is 1. The van der Waals surface area contributed by atoms with Gasteiger partial charge in [0.25, 0.3) is 0 Å². The SMILES string of the molecule is Fc1ccc(C(F)(F)SC=S)c(F)c1F. The molecule has 1 rings (SSSR count). The molecule has 1 aromatic carbocycles. The average molecular weight is 258 g/mol. The van der Waals surface area contributed by atoms with Gasteiger partial charge in [-0.3, -0.25) is 0 Å². The van der Waals surface area contributed by atoms with Crippen LogP contribution >= 0.6 is 24.0 Å². The molecule has 7 heteroatoms. The van der Waals surface area contributed by atoms with Crippen LogP contribution in [0.15, 0.2) is 12.1 Å². The molecular formula is C8H3F5S2. The summed E-state index contributed by atoms with van der Waals surface area (Å²) < 4.78 is 64.8. The molecule has 0 nitrogen and oxygen atoms in total. The molecule has 0 saturated heterocycles. The molecule has 0 atom stereocenters. The number of rotatable bonds is 3. The van der Waals surface area contributed by atoms with Crippen molar-refractivity contribution in [2.75, 3.05) is 0 Å². The van der Waals surface area contributed by atoms with E-state index in [0.29, 0.717) is 16.8 Å². The molecule has 0 aliphatic heterocycles. The maximum atomic E-state index is 13.1. The van der Waals surface area contributed by atoms with Crippen LogP contribution in [0.25, 0.3) is 0 Å². The summed E-state index contributed by atoms with van der Waals surface area (Å²) in [7, 11) is 0. The van der Waals surface area contributed by atoms with Gasteiger partial charge in [0, 0.05) is 4.70 Å². The summed E-state index contributed by atoms with van der Waals surface area (Å²) in [5.74, 6) is -5.33. The lowest BCUT2D eigenvalue weighted by atomic mass is 10.2. The van der Waals surface area contributed by atoms with E-state index in [9.17, 15) is 22.0 Å². The topological polar surface area (TPSA) is 0 Å². The molecule has 0 bridgehead atoms. The predicted octanol–water partition coefficient (Wildman–Crippen LogP) is 3.84. The second-order valence-electron chi connectivity index (χ2n) is 2.45. The smallest absolute Gasteiger partial charge is 0.204 e. The van der Waals surface area contributed by atoms with Crippen LogP contribution in [0.5, 0.6) is 0 Å². The van der Waals surface area contributed by atoms with Gasteiger partial charge in [0.2, 0.25) is 0 Å². The van der Waals surface area contributed by atoms with E-state index in [1.165, 1.54) is 0 Å². The third kappa shape index (κ3) is 2.46. The van der Waals surface area contributed by atoms with E-state index in [2.05, 4.69) is 12.2 Å². The Balaban J connectivity index is 3.26. The van der Waals surface area contributed by atoms with Gasteiger partial charge >= 0.3 is 5.25 Å². The van der Waals surface area contributed by atoms with Crippen molar-refractivity contribution >= 4 is 28.7 Å². The highest BCUT2D eigenvalue weighted by molar-refractivity contribution is 8.21. The lowest BCUT2D eigenvalue weighted by Gasteiger charge is -2.14. The molecule has 0 unspecified atom stereocenters. The maximum absolute atomic E-state index is 13.1. The van der Waals surface area contributed by atoms with E-state index in [1.54, 1.807) is 0 Å². The largest absolute Gasteiger partial charge is 0.326 e. The Kier molecular flexibility index (Phi) is 3.67. The van der Waals surface area contributed by atoms with Gasteiger partial charge in [-0.1, -0.05) is 12.2 Å². The molecule has 0 aromatic heterocycles. The third-order valence-corrected chi connectivity index (χ3v) is 2.45. The zero-order valence-electron chi connectivity index (χ0n) is 6.94. The van der Waals surface area contributed by atoms with Crippen molar-refractivity contribution in [3.63, 3.8) is 0 Å². The molecule has 0 N–H and O–H groups in total. The maximum Gasteiger partial charge on any atom is 0.326 e. The zero-order chi connectivity index (χ0) is 11.6. The highest BCUT2D eigenvalue weighted by atomic mass is 32.2. The third-order valence-electron chi connectivity index (χ3n) is 1.54. The average Bonchev–Trinajstić information content (AvgIpc) is 2.13. The fraction of sp³-hybridized carbons (Fsp3) is 0.125. The van der Waals surface area contributed by atoms with Crippen LogP contribution in [-0.4, -0.2) is 4.70 Å². The molecule has 0 spiro atoms. The molecule has 0 radical (unpaired) electrons. The summed E-state index contributed by atoms with van der Waals surface area (Å²) in [5, 5.41) is -3.71. The minimum absolute atomic E-state index is 0.157. The van der Waals surface area contributed by atoms with Gasteiger partial charge < -0.3 is 0 Å². The van der Waals surface area contributed by atoms with Gasteiger partial charge in [0.1, 0.15) is 0 Å². The van der Waals surface area contributed by atoms with Gasteiger partial charge in [0.15, 0.2) is 17.5 Å². The van der Waals surface area contributed by atoms with E-state index in [-0.39, 0.29) is 11.8 Å². The molecule has 0 amide bonds. The van der Waals surface area contributed by atoms with Gasteiger partial charge in [-0.2, -0.15) is 8.78 Å². The molecule has 82 valence electrons. The first-order valence-corrected chi connectivity index (χ1v) is 4.88. The van der Waals surface area contributed by atoms with Crippen LogP contribution in [-0.2, 0) is 5.25 Å². The molecule has 0 saturated carbocycles. The van der Waals surface area contributed by atoms with Crippen LogP contribution in [0.1, 0.15) is 5.56 Å². The highest BCUT2D eigenvalue weighted by Crippen LogP contribution is 2.40. The van der Waals surface area contributed by atoms with Crippen LogP contribution in [0.3, 0.4) is 0 Å². The predicted molar refractivity (Wildman–Crippen MR) is 51.5 cm³/mol. The lowest BCUT2D eigenvalue weighted by Crippen LogP contribution is -2.12. The standard InChI is InChI=1S/C8H3F5S2/c9-5-2-1-4(6(10)7(5)11)8(12,13)15-3-14/h1-3H. The van der Waals surface area contributed by atoms with Crippen molar-refractivity contribution in [1.82, 2.24) is 0 Å². The van der Waals surface area contributed by atoms with Crippen molar-refractivity contribution in [2.24, 2.45) is 0 Å². The monoisotopic (exact) mass is 258 g/mol. The molecular weight excluding hydrogens is 255 g/mol. The molecule has 0 heterocycles. The molecule has 0 aliphatic rings. The molecule has 1 aromatic rings. The van der Waals surface area contributed by atoms with Crippen LogP contribution in [0.4, 0.5) is 22.0 Å². The highest BCUT2D eigenvalue weighted by Gasteiger charge is 2.36. The van der Waals surface area contributed by atoms with Gasteiger partial charge in [-0.05, 0) is 23.9 Å². The van der Waals surface area contributed by atoms with Crippen molar-refractivity contribution in [1.29, 1.82) is 0 Å². The van der Waals surface area contributed by atoms with E-state index in [4.69, 9.17) is 0 Å². The van der Waals surface area contributed by atoms with Crippen molar-refractivity contribution in [2.45, 2.75) is 5.25 Å². The fourth-order valence-corrected chi connectivity index (χ4v) is 1.64. The van der Waals surface area contributed by atoms with E-state index >= 15 is 0 Å². The number of thioether (sulfide) groups is 1. The fourth-order valence-electron chi connectivity index (χ4n) is 0.875. The van der Waals surface area contributed by atoms with Crippen LogP contribution < -0.4 is 0 Å². The Morgan fingerprint density at radius 1 is 1.13 bits per heavy atom. The van der Waals surface area contributed by atoms with Gasteiger partial charge in [-0.25, -0.2) is 13.2 Å². The summed E-state index contributed by atoms with van der Waals surface area (Å²) in [6.07, 6.45) is 0. The minimum Gasteiger partial charge on any atom is -0.204 e. The molecule has 0 aliphatic carbocycles. The summed E-state index contributed by atoms with van der Waals surface area (Å²) in [5.41, 5.74) is -1.23. The Hall–Kier alpha value is -0.690. The van der Waals surface area contributed by atoms with Crippen molar-refractivity contribution in [3.05, 3.63) is 35.1 Å². The Morgan fingerprint density at radius 3 is 2.27 bits per heavy atom. The van der Waals surface area contributed by atoms with E-state index < -0.39 is 28.3 Å². The minimum atomic E-state index is -3.71. The van der Waals surface area contributed by atoms with E-state index in [0.717, 1.165) is 0 Å². The number of thiocarbonyl (C=S) groups is 1. The second kappa shape index (κ2) is 4.44. The number of halogens is 5. The quantitative estimate of drug-likeness (QED) is 0.459. The summed E-state index contributed by atoms with van der Waals surface area (Å²) in [4.78, 5) is 0. The number of hydrogen-bond donors (Lipinski definition) is 0. The van der Waals surface area contributed by atoms with E-state index in [1.807, 2.05) is 0 Å². The Bertz CT molecular complexity index is 391. The number of hydrogen-bond acceptors (Lipinski definition) is 2. The summed E-state index contributed by atoms with van der Waals surface area (Å²) in [6, 6.07) is 0.922. The molecule has 0 fully saturated rings. The van der Waals surface area contributed by atoms with Crippen molar-refractivity contribution < 1.29 is 22.0 Å². The van der Waals surface area contributed by atoms with Crippen LogP contribution in [0.2, 0.25) is 0 Å². The first kappa shape index (κ1) is 12.4. The first-order valence-electron chi connectivity index (χ1n) is 3.53. The van der Waals surface area contributed by atoms with Gasteiger partial charge in [-0.15, -0.1) is 0 Å². The normalized spacial score (nSPS) is 11.5. The second-order valence-corrected chi connectivity index (χ2v) is 3.97. The summed E-state index contributed by atoms with van der Waals surface area (Å²) >= 11 is 4.01. The zero-order valence-corrected chi connectivity index (χ0v) is 8.57. The lowest BCUT2D eigenvalue weighted by molar-refractivity contribution is 0.101. The Morgan fingerprint density at radius 2 is 1.73 bits per heavy atom. The van der Waals surface area contributed by atoms with Crippen molar-refractivity contribution in [3.8, 4) is 0 Å². The van der Waals surface area contributed by atoms with Gasteiger partial charge in [0.05, 0.1) is 5.56 Å². The number of alkyl halides is 2. The van der Waals surface area contributed by atoms with Crippen LogP contribution in [0, 0.1) is 17.5 Å². The first-order chi connectivity index (χ1) is 6.90.